The summed E-state index contributed by atoms with van der Waals surface area (Å²) in [7, 11) is 0. The molecule has 1 rings (SSSR count). The van der Waals surface area contributed by atoms with Gasteiger partial charge in [0.25, 0.3) is 0 Å². The van der Waals surface area contributed by atoms with Crippen molar-refractivity contribution >= 4 is 17.3 Å². The SMILES string of the molecule is [NH-]c1ccc(OC(F)(F)F)c(Cl)c1. The van der Waals surface area contributed by atoms with Gasteiger partial charge in [-0.15, -0.1) is 18.9 Å². The predicted molar refractivity (Wildman–Crippen MR) is 42.1 cm³/mol. The van der Waals surface area contributed by atoms with Crippen molar-refractivity contribution < 1.29 is 17.9 Å². The molecule has 0 aromatic heterocycles. The average molecular weight is 211 g/mol. The highest BCUT2D eigenvalue weighted by atomic mass is 35.5. The summed E-state index contributed by atoms with van der Waals surface area (Å²) < 4.78 is 38.7. The van der Waals surface area contributed by atoms with Gasteiger partial charge in [-0.05, 0) is 6.07 Å². The van der Waals surface area contributed by atoms with Gasteiger partial charge in [-0.2, -0.15) is 0 Å². The summed E-state index contributed by atoms with van der Waals surface area (Å²) in [6, 6.07) is 3.23. The van der Waals surface area contributed by atoms with Crippen LogP contribution in [0.2, 0.25) is 5.02 Å². The number of halogens is 4. The molecule has 0 bridgehead atoms. The second-order valence-corrected chi connectivity index (χ2v) is 2.60. The first kappa shape index (κ1) is 9.98. The van der Waals surface area contributed by atoms with Crippen molar-refractivity contribution in [2.45, 2.75) is 6.36 Å². The highest BCUT2D eigenvalue weighted by molar-refractivity contribution is 6.32. The average Bonchev–Trinajstić information content (AvgIpc) is 1.93. The van der Waals surface area contributed by atoms with Crippen molar-refractivity contribution in [3.05, 3.63) is 29.0 Å². The maximum absolute atomic E-state index is 11.7. The molecule has 2 nitrogen and oxygen atoms in total. The van der Waals surface area contributed by atoms with Crippen LogP contribution in [0.25, 0.3) is 5.73 Å². The summed E-state index contributed by atoms with van der Waals surface area (Å²) in [4.78, 5) is 0. The third-order valence-electron chi connectivity index (χ3n) is 1.16. The highest BCUT2D eigenvalue weighted by Gasteiger charge is 2.31. The largest absolute Gasteiger partial charge is 0.699 e. The molecule has 1 N–H and O–H groups in total. The van der Waals surface area contributed by atoms with Gasteiger partial charge in [0.2, 0.25) is 0 Å². The number of alkyl halides is 3. The monoisotopic (exact) mass is 210 g/mol. The van der Waals surface area contributed by atoms with Gasteiger partial charge in [0.1, 0.15) is 5.75 Å². The van der Waals surface area contributed by atoms with E-state index in [9.17, 15) is 13.2 Å². The van der Waals surface area contributed by atoms with Gasteiger partial charge in [-0.3, -0.25) is 0 Å². The van der Waals surface area contributed by atoms with Crippen LogP contribution in [-0.4, -0.2) is 6.36 Å². The second-order valence-electron chi connectivity index (χ2n) is 2.19. The zero-order valence-electron chi connectivity index (χ0n) is 6.15. The molecular formula is C7H4ClF3NO-. The lowest BCUT2D eigenvalue weighted by atomic mass is 10.3. The molecule has 0 unspecified atom stereocenters. The van der Waals surface area contributed by atoms with E-state index in [0.29, 0.717) is 0 Å². The van der Waals surface area contributed by atoms with Crippen LogP contribution < -0.4 is 4.74 Å². The molecule has 0 aliphatic heterocycles. The molecule has 6 heteroatoms. The number of benzene rings is 1. The van der Waals surface area contributed by atoms with Crippen molar-refractivity contribution in [1.29, 1.82) is 0 Å². The molecule has 72 valence electrons. The lowest BCUT2D eigenvalue weighted by molar-refractivity contribution is -0.274. The Bertz CT molecular complexity index is 313. The molecule has 0 aliphatic carbocycles. The van der Waals surface area contributed by atoms with E-state index in [1.807, 2.05) is 0 Å². The number of rotatable bonds is 1. The molecule has 0 saturated carbocycles. The summed E-state index contributed by atoms with van der Waals surface area (Å²) >= 11 is 5.39. The van der Waals surface area contributed by atoms with Crippen LogP contribution in [0.15, 0.2) is 18.2 Å². The summed E-state index contributed by atoms with van der Waals surface area (Å²) in [6.45, 7) is 0. The molecule has 1 aromatic rings. The van der Waals surface area contributed by atoms with E-state index in [4.69, 9.17) is 17.3 Å². The Morgan fingerprint density at radius 2 is 1.92 bits per heavy atom. The Balaban J connectivity index is 2.90. The topological polar surface area (TPSA) is 33.0 Å². The van der Waals surface area contributed by atoms with E-state index < -0.39 is 12.1 Å². The fourth-order valence-corrected chi connectivity index (χ4v) is 0.927. The number of hydrogen-bond acceptors (Lipinski definition) is 1. The lowest BCUT2D eigenvalue weighted by Crippen LogP contribution is -2.17. The maximum atomic E-state index is 11.7. The highest BCUT2D eigenvalue weighted by Crippen LogP contribution is 2.32. The third-order valence-corrected chi connectivity index (χ3v) is 1.45. The van der Waals surface area contributed by atoms with Crippen LogP contribution in [-0.2, 0) is 0 Å². The molecule has 0 radical (unpaired) electrons. The molecule has 1 aromatic carbocycles. The molecule has 0 aliphatic rings. The Morgan fingerprint density at radius 3 is 2.38 bits per heavy atom. The van der Waals surface area contributed by atoms with Crippen molar-refractivity contribution in [2.75, 3.05) is 0 Å². The van der Waals surface area contributed by atoms with Crippen LogP contribution in [0.5, 0.6) is 5.75 Å². The quantitative estimate of drug-likeness (QED) is 0.691. The normalized spacial score (nSPS) is 11.4. The summed E-state index contributed by atoms with van der Waals surface area (Å²) in [5, 5.41) is -0.232. The van der Waals surface area contributed by atoms with Gasteiger partial charge in [0, 0.05) is 0 Å². The first-order chi connectivity index (χ1) is 5.88. The zero-order chi connectivity index (χ0) is 10.1. The summed E-state index contributed by atoms with van der Waals surface area (Å²) in [6.07, 6.45) is -4.76. The minimum Gasteiger partial charge on any atom is -0.699 e. The van der Waals surface area contributed by atoms with Gasteiger partial charge in [0.15, 0.2) is 0 Å². The van der Waals surface area contributed by atoms with Gasteiger partial charge in [0.05, 0.1) is 5.02 Å². The predicted octanol–water partition coefficient (Wildman–Crippen LogP) is 3.92. The summed E-state index contributed by atoms with van der Waals surface area (Å²) in [5.41, 5.74) is 7.07. The minimum absolute atomic E-state index is 0.0273. The molecule has 0 spiro atoms. The molecule has 0 saturated heterocycles. The van der Waals surface area contributed by atoms with E-state index in [1.54, 1.807) is 0 Å². The molecule has 13 heavy (non-hydrogen) atoms. The number of nitrogens with one attached hydrogen (secondary N) is 1. The Kier molecular flexibility index (Phi) is 2.56. The van der Waals surface area contributed by atoms with E-state index in [2.05, 4.69) is 4.74 Å². The number of ether oxygens (including phenoxy) is 1. The van der Waals surface area contributed by atoms with Gasteiger partial charge < -0.3 is 10.5 Å². The van der Waals surface area contributed by atoms with Crippen molar-refractivity contribution in [3.63, 3.8) is 0 Å². The summed E-state index contributed by atoms with van der Waals surface area (Å²) in [5.74, 6) is -0.495. The van der Waals surface area contributed by atoms with Crippen molar-refractivity contribution in [3.8, 4) is 5.75 Å². The van der Waals surface area contributed by atoms with E-state index >= 15 is 0 Å². The first-order valence-corrected chi connectivity index (χ1v) is 3.53. The van der Waals surface area contributed by atoms with E-state index in [-0.39, 0.29) is 10.7 Å². The van der Waals surface area contributed by atoms with Crippen LogP contribution in [0, 0.1) is 0 Å². The smallest absolute Gasteiger partial charge is 0.573 e. The molecule has 0 heterocycles. The Hall–Kier alpha value is -1.10. The van der Waals surface area contributed by atoms with Crippen LogP contribution in [0.3, 0.4) is 0 Å². The number of hydrogen-bond donors (Lipinski definition) is 0. The van der Waals surface area contributed by atoms with Gasteiger partial charge >= 0.3 is 6.36 Å². The molecule has 0 amide bonds. The van der Waals surface area contributed by atoms with Crippen LogP contribution in [0.1, 0.15) is 0 Å². The van der Waals surface area contributed by atoms with E-state index in [1.165, 1.54) is 0 Å². The maximum Gasteiger partial charge on any atom is 0.573 e. The molecule has 0 atom stereocenters. The standard InChI is InChI=1S/C7H4ClF3NO/c8-5-3-4(12)1-2-6(5)13-7(9,10)11/h1-3,12H/q-1. The van der Waals surface area contributed by atoms with Crippen molar-refractivity contribution in [1.82, 2.24) is 0 Å². The van der Waals surface area contributed by atoms with Gasteiger partial charge in [-0.1, -0.05) is 23.7 Å². The van der Waals surface area contributed by atoms with Crippen LogP contribution in [0.4, 0.5) is 18.9 Å². The zero-order valence-corrected chi connectivity index (χ0v) is 6.91. The van der Waals surface area contributed by atoms with Crippen LogP contribution >= 0.6 is 11.6 Å². The fraction of sp³-hybridized carbons (Fsp3) is 0.143. The molecule has 0 fully saturated rings. The Morgan fingerprint density at radius 1 is 1.31 bits per heavy atom. The second kappa shape index (κ2) is 3.33. The minimum atomic E-state index is -4.76. The fourth-order valence-electron chi connectivity index (χ4n) is 0.708. The lowest BCUT2D eigenvalue weighted by Gasteiger charge is -2.11. The Labute approximate surface area is 77.0 Å². The first-order valence-electron chi connectivity index (χ1n) is 3.15. The molecular weight excluding hydrogens is 207 g/mol. The van der Waals surface area contributed by atoms with Gasteiger partial charge in [-0.25, -0.2) is 0 Å². The third kappa shape index (κ3) is 3.02. The van der Waals surface area contributed by atoms with Crippen molar-refractivity contribution in [2.24, 2.45) is 0 Å². The van der Waals surface area contributed by atoms with E-state index in [0.717, 1.165) is 18.2 Å².